The maximum absolute atomic E-state index is 13.2. The number of halogens is 1. The molecule has 0 fully saturated rings. The maximum Gasteiger partial charge on any atom is 0.271 e. The number of rotatable bonds is 3. The number of nitrogens with one attached hydrogen (secondary N) is 1. The first-order chi connectivity index (χ1) is 10.6. The van der Waals surface area contributed by atoms with Crippen molar-refractivity contribution in [2.45, 2.75) is 6.92 Å². The van der Waals surface area contributed by atoms with E-state index in [1.807, 2.05) is 31.2 Å². The van der Waals surface area contributed by atoms with Crippen LogP contribution in [0.5, 0.6) is 0 Å². The van der Waals surface area contributed by atoms with Crippen LogP contribution in [0.1, 0.15) is 16.1 Å². The molecule has 5 nitrogen and oxygen atoms in total. The highest BCUT2D eigenvalue weighted by Gasteiger charge is 2.15. The monoisotopic (exact) mass is 296 g/mol. The standard InChI is InChI=1S/C16H13FN4O/c1-9-8-12(17)6-7-13(9)10-2-4-11(5-3-10)14-15(16(18)22)20-21-19-14/h2-8H,1H3,(H2,18,22)(H,19,20,21). The lowest BCUT2D eigenvalue weighted by Gasteiger charge is -2.07. The van der Waals surface area contributed by atoms with Gasteiger partial charge in [0.05, 0.1) is 0 Å². The zero-order valence-electron chi connectivity index (χ0n) is 11.8. The van der Waals surface area contributed by atoms with E-state index in [1.165, 1.54) is 12.1 Å². The molecule has 1 aromatic heterocycles. The van der Waals surface area contributed by atoms with Crippen molar-refractivity contribution in [3.8, 4) is 22.4 Å². The van der Waals surface area contributed by atoms with Crippen LogP contribution in [-0.4, -0.2) is 21.3 Å². The summed E-state index contributed by atoms with van der Waals surface area (Å²) in [6.45, 7) is 1.86. The molecule has 1 heterocycles. The first-order valence-electron chi connectivity index (χ1n) is 6.64. The number of aromatic nitrogens is 3. The highest BCUT2D eigenvalue weighted by molar-refractivity contribution is 5.96. The van der Waals surface area contributed by atoms with E-state index < -0.39 is 5.91 Å². The predicted molar refractivity (Wildman–Crippen MR) is 80.5 cm³/mol. The van der Waals surface area contributed by atoms with Gasteiger partial charge < -0.3 is 5.73 Å². The molecule has 22 heavy (non-hydrogen) atoms. The number of primary amides is 1. The molecular formula is C16H13FN4O. The van der Waals surface area contributed by atoms with Crippen molar-refractivity contribution < 1.29 is 9.18 Å². The fraction of sp³-hybridized carbons (Fsp3) is 0.0625. The largest absolute Gasteiger partial charge is 0.364 e. The van der Waals surface area contributed by atoms with Crippen molar-refractivity contribution in [3.63, 3.8) is 0 Å². The van der Waals surface area contributed by atoms with Crippen molar-refractivity contribution in [3.05, 3.63) is 59.5 Å². The molecule has 3 N–H and O–H groups in total. The minimum Gasteiger partial charge on any atom is -0.364 e. The Morgan fingerprint density at radius 1 is 1.09 bits per heavy atom. The topological polar surface area (TPSA) is 84.7 Å². The second kappa shape index (κ2) is 5.40. The highest BCUT2D eigenvalue weighted by Crippen LogP contribution is 2.27. The second-order valence-electron chi connectivity index (χ2n) is 4.92. The molecule has 0 saturated heterocycles. The molecule has 0 radical (unpaired) electrons. The van der Waals surface area contributed by atoms with Gasteiger partial charge in [-0.25, -0.2) is 4.39 Å². The number of aromatic amines is 1. The van der Waals surface area contributed by atoms with Gasteiger partial charge in [0.15, 0.2) is 5.69 Å². The molecule has 0 bridgehead atoms. The van der Waals surface area contributed by atoms with Crippen LogP contribution in [0, 0.1) is 12.7 Å². The Hall–Kier alpha value is -3.02. The van der Waals surface area contributed by atoms with Crippen LogP contribution in [0.25, 0.3) is 22.4 Å². The fourth-order valence-corrected chi connectivity index (χ4v) is 2.36. The summed E-state index contributed by atoms with van der Waals surface area (Å²) in [7, 11) is 0. The summed E-state index contributed by atoms with van der Waals surface area (Å²) in [4.78, 5) is 11.3. The number of nitrogens with two attached hydrogens (primary N) is 1. The summed E-state index contributed by atoms with van der Waals surface area (Å²) in [5, 5.41) is 10.1. The summed E-state index contributed by atoms with van der Waals surface area (Å²) in [6, 6.07) is 12.1. The molecular weight excluding hydrogens is 283 g/mol. The number of benzene rings is 2. The Morgan fingerprint density at radius 2 is 1.77 bits per heavy atom. The van der Waals surface area contributed by atoms with Crippen molar-refractivity contribution in [1.29, 1.82) is 0 Å². The molecule has 3 aromatic rings. The second-order valence-corrected chi connectivity index (χ2v) is 4.92. The molecule has 3 rings (SSSR count). The van der Waals surface area contributed by atoms with Crippen molar-refractivity contribution in [2.75, 3.05) is 0 Å². The lowest BCUT2D eigenvalue weighted by atomic mass is 9.98. The van der Waals surface area contributed by atoms with Gasteiger partial charge in [0.2, 0.25) is 0 Å². The van der Waals surface area contributed by atoms with Crippen LogP contribution in [0.3, 0.4) is 0 Å². The number of carbonyl (C=O) groups excluding carboxylic acids is 1. The molecule has 110 valence electrons. The average Bonchev–Trinajstić information content (AvgIpc) is 2.97. The smallest absolute Gasteiger partial charge is 0.271 e. The van der Waals surface area contributed by atoms with Gasteiger partial charge in [-0.1, -0.05) is 30.3 Å². The number of hydrogen-bond donors (Lipinski definition) is 2. The normalized spacial score (nSPS) is 10.6. The Morgan fingerprint density at radius 3 is 2.41 bits per heavy atom. The molecule has 2 aromatic carbocycles. The number of amides is 1. The third kappa shape index (κ3) is 2.46. The molecule has 6 heteroatoms. The summed E-state index contributed by atoms with van der Waals surface area (Å²) in [6.07, 6.45) is 0. The number of hydrogen-bond acceptors (Lipinski definition) is 3. The molecule has 0 aliphatic heterocycles. The van der Waals surface area contributed by atoms with Gasteiger partial charge in [-0.15, -0.1) is 0 Å². The van der Waals surface area contributed by atoms with Crippen LogP contribution in [0.4, 0.5) is 4.39 Å². The van der Waals surface area contributed by atoms with Gasteiger partial charge in [-0.05, 0) is 35.7 Å². The molecule has 0 atom stereocenters. The quantitative estimate of drug-likeness (QED) is 0.779. The highest BCUT2D eigenvalue weighted by atomic mass is 19.1. The minimum atomic E-state index is -0.637. The maximum atomic E-state index is 13.2. The van der Waals surface area contributed by atoms with Crippen molar-refractivity contribution >= 4 is 5.91 Å². The number of aryl methyl sites for hydroxylation is 1. The van der Waals surface area contributed by atoms with Crippen LogP contribution >= 0.6 is 0 Å². The first kappa shape index (κ1) is 13.9. The summed E-state index contributed by atoms with van der Waals surface area (Å²) < 4.78 is 13.2. The van der Waals surface area contributed by atoms with Crippen LogP contribution in [-0.2, 0) is 0 Å². The molecule has 0 spiro atoms. The van der Waals surface area contributed by atoms with Crippen LogP contribution in [0.2, 0.25) is 0 Å². The minimum absolute atomic E-state index is 0.103. The number of H-pyrrole nitrogens is 1. The zero-order chi connectivity index (χ0) is 15.7. The Kier molecular flexibility index (Phi) is 3.42. The third-order valence-electron chi connectivity index (χ3n) is 3.44. The Bertz CT molecular complexity index is 840. The molecule has 0 aliphatic carbocycles. The Labute approximate surface area is 126 Å². The van der Waals surface area contributed by atoms with Crippen LogP contribution < -0.4 is 5.73 Å². The Balaban J connectivity index is 1.99. The fourth-order valence-electron chi connectivity index (χ4n) is 2.36. The van der Waals surface area contributed by atoms with E-state index in [2.05, 4.69) is 15.4 Å². The van der Waals surface area contributed by atoms with Crippen molar-refractivity contribution in [2.24, 2.45) is 5.73 Å². The van der Waals surface area contributed by atoms with Gasteiger partial charge >= 0.3 is 0 Å². The van der Waals surface area contributed by atoms with Gasteiger partial charge in [-0.3, -0.25) is 4.79 Å². The summed E-state index contributed by atoms with van der Waals surface area (Å²) in [5.74, 6) is -0.895. The first-order valence-corrected chi connectivity index (χ1v) is 6.64. The van der Waals surface area contributed by atoms with E-state index in [4.69, 9.17) is 5.73 Å². The van der Waals surface area contributed by atoms with Gasteiger partial charge in [0, 0.05) is 5.56 Å². The molecule has 0 saturated carbocycles. The van der Waals surface area contributed by atoms with Gasteiger partial charge in [0.25, 0.3) is 5.91 Å². The summed E-state index contributed by atoms with van der Waals surface area (Å²) >= 11 is 0. The molecule has 0 aliphatic rings. The summed E-state index contributed by atoms with van der Waals surface area (Å²) in [5.41, 5.74) is 9.25. The van der Waals surface area contributed by atoms with E-state index in [0.717, 1.165) is 22.3 Å². The lowest BCUT2D eigenvalue weighted by molar-refractivity contribution is 0.0996. The van der Waals surface area contributed by atoms with E-state index in [0.29, 0.717) is 5.69 Å². The number of carbonyl (C=O) groups is 1. The number of nitrogens with zero attached hydrogens (tertiary/aromatic N) is 2. The SMILES string of the molecule is Cc1cc(F)ccc1-c1ccc(-c2n[nH]nc2C(N)=O)cc1. The van der Waals surface area contributed by atoms with Gasteiger partial charge in [-0.2, -0.15) is 15.4 Å². The van der Waals surface area contributed by atoms with Crippen LogP contribution in [0.15, 0.2) is 42.5 Å². The lowest BCUT2D eigenvalue weighted by Crippen LogP contribution is -2.12. The van der Waals surface area contributed by atoms with E-state index in [-0.39, 0.29) is 11.5 Å². The van der Waals surface area contributed by atoms with E-state index >= 15 is 0 Å². The molecule has 0 unspecified atom stereocenters. The predicted octanol–water partition coefficient (Wildman–Crippen LogP) is 2.69. The van der Waals surface area contributed by atoms with Crippen molar-refractivity contribution in [1.82, 2.24) is 15.4 Å². The third-order valence-corrected chi connectivity index (χ3v) is 3.44. The zero-order valence-corrected chi connectivity index (χ0v) is 11.8. The van der Waals surface area contributed by atoms with E-state index in [1.54, 1.807) is 6.07 Å². The van der Waals surface area contributed by atoms with E-state index in [9.17, 15) is 9.18 Å². The van der Waals surface area contributed by atoms with Gasteiger partial charge in [0.1, 0.15) is 11.5 Å². The average molecular weight is 296 g/mol. The molecule has 1 amide bonds.